The van der Waals surface area contributed by atoms with E-state index < -0.39 is 10.0 Å². The molecule has 0 spiro atoms. The van der Waals surface area contributed by atoms with Crippen LogP contribution in [0, 0.1) is 0 Å². The van der Waals surface area contributed by atoms with Crippen LogP contribution in [0.3, 0.4) is 0 Å². The molecule has 1 aliphatic rings. The summed E-state index contributed by atoms with van der Waals surface area (Å²) in [5, 5.41) is 3.98. The monoisotopic (exact) mass is 483 g/mol. The molecule has 0 saturated carbocycles. The first-order valence-electron chi connectivity index (χ1n) is 10.5. The number of carbonyl (C=O) groups is 1. The summed E-state index contributed by atoms with van der Waals surface area (Å²) in [6, 6.07) is 16.9. The van der Waals surface area contributed by atoms with Gasteiger partial charge in [0.05, 0.1) is 19.2 Å². The predicted molar refractivity (Wildman–Crippen MR) is 130 cm³/mol. The molecular weight excluding hydrogens is 458 g/mol. The third-order valence-electron chi connectivity index (χ3n) is 5.40. The number of thiazole rings is 1. The second-order valence-corrected chi connectivity index (χ2v) is 10.3. The zero-order valence-electron chi connectivity index (χ0n) is 18.3. The lowest BCUT2D eigenvalue weighted by molar-refractivity contribution is -0.131. The maximum absolute atomic E-state index is 12.8. The number of amides is 1. The lowest BCUT2D eigenvalue weighted by Crippen LogP contribution is -2.50. The topological polar surface area (TPSA) is 79.8 Å². The second-order valence-electron chi connectivity index (χ2n) is 7.59. The molecule has 1 fully saturated rings. The molecule has 1 aromatic heterocycles. The number of hydrogen-bond acceptors (Lipinski definition) is 6. The van der Waals surface area contributed by atoms with E-state index in [1.165, 1.54) is 21.1 Å². The summed E-state index contributed by atoms with van der Waals surface area (Å²) in [6.07, 6.45) is 1.79. The van der Waals surface area contributed by atoms with Crippen molar-refractivity contribution in [2.45, 2.75) is 6.42 Å². The largest absolute Gasteiger partial charge is 0.497 e. The van der Waals surface area contributed by atoms with Crippen LogP contribution in [0.2, 0.25) is 0 Å². The number of ether oxygens (including phenoxy) is 1. The van der Waals surface area contributed by atoms with Crippen LogP contribution in [-0.2, 0) is 21.2 Å². The first-order valence-corrected chi connectivity index (χ1v) is 12.9. The zero-order valence-corrected chi connectivity index (χ0v) is 19.9. The molecule has 0 bridgehead atoms. The van der Waals surface area contributed by atoms with Crippen molar-refractivity contribution in [1.29, 1.82) is 0 Å². The normalized spacial score (nSPS) is 15.1. The number of hydrogen-bond donors (Lipinski definition) is 0. The maximum Gasteiger partial charge on any atom is 0.236 e. The number of nitrogens with zero attached hydrogens (tertiary/aromatic N) is 3. The van der Waals surface area contributed by atoms with Crippen molar-refractivity contribution >= 4 is 33.3 Å². The van der Waals surface area contributed by atoms with E-state index in [0.29, 0.717) is 13.1 Å². The van der Waals surface area contributed by atoms with E-state index in [4.69, 9.17) is 4.74 Å². The van der Waals surface area contributed by atoms with Gasteiger partial charge in [0.1, 0.15) is 10.8 Å². The number of benzene rings is 2. The van der Waals surface area contributed by atoms with Gasteiger partial charge in [-0.25, -0.2) is 13.4 Å². The summed E-state index contributed by atoms with van der Waals surface area (Å²) in [4.78, 5) is 19.1. The minimum absolute atomic E-state index is 0.0431. The molecule has 2 aromatic carbocycles. The summed E-state index contributed by atoms with van der Waals surface area (Å²) >= 11 is 1.49. The quantitative estimate of drug-likeness (QED) is 0.514. The maximum atomic E-state index is 12.8. The van der Waals surface area contributed by atoms with E-state index in [1.807, 2.05) is 60.0 Å². The van der Waals surface area contributed by atoms with E-state index in [9.17, 15) is 13.2 Å². The summed E-state index contributed by atoms with van der Waals surface area (Å²) in [7, 11) is -1.90. The average Bonchev–Trinajstić information content (AvgIpc) is 3.32. The lowest BCUT2D eigenvalue weighted by atomic mass is 10.2. The van der Waals surface area contributed by atoms with Gasteiger partial charge in [-0.2, -0.15) is 4.31 Å². The Morgan fingerprint density at radius 2 is 1.76 bits per heavy atom. The van der Waals surface area contributed by atoms with Crippen LogP contribution in [0.25, 0.3) is 16.6 Å². The van der Waals surface area contributed by atoms with Gasteiger partial charge in [0.25, 0.3) is 0 Å². The standard InChI is InChI=1S/C24H25N3O4S2/c1-31-22-9-7-20(8-10-22)24-25-21(18-32-24)17-23(28)26-12-14-27(15-13-26)33(29,30)16-11-19-5-3-2-4-6-19/h2-11,16,18H,12-15,17H2,1H3/b16-11+. The molecule has 7 nitrogen and oxygen atoms in total. The van der Waals surface area contributed by atoms with E-state index >= 15 is 0 Å². The predicted octanol–water partition coefficient (Wildman–Crippen LogP) is 3.51. The molecule has 0 atom stereocenters. The molecule has 172 valence electrons. The van der Waals surface area contributed by atoms with E-state index in [0.717, 1.165) is 27.6 Å². The molecule has 9 heteroatoms. The first kappa shape index (κ1) is 23.2. The second kappa shape index (κ2) is 10.3. The molecular formula is C24H25N3O4S2. The van der Waals surface area contributed by atoms with Gasteiger partial charge in [0, 0.05) is 42.5 Å². The smallest absolute Gasteiger partial charge is 0.236 e. The van der Waals surface area contributed by atoms with Gasteiger partial charge in [-0.15, -0.1) is 11.3 Å². The molecule has 2 heterocycles. The molecule has 3 aromatic rings. The molecule has 0 aliphatic carbocycles. The van der Waals surface area contributed by atoms with Gasteiger partial charge in [-0.3, -0.25) is 4.79 Å². The Morgan fingerprint density at radius 1 is 1.06 bits per heavy atom. The lowest BCUT2D eigenvalue weighted by Gasteiger charge is -2.33. The average molecular weight is 484 g/mol. The van der Waals surface area contributed by atoms with Gasteiger partial charge in [0.15, 0.2) is 0 Å². The minimum atomic E-state index is -3.53. The zero-order chi connectivity index (χ0) is 23.3. The highest BCUT2D eigenvalue weighted by Gasteiger charge is 2.27. The summed E-state index contributed by atoms with van der Waals surface area (Å²) in [5.41, 5.74) is 2.52. The molecule has 0 N–H and O–H groups in total. The third kappa shape index (κ3) is 5.87. The molecule has 0 radical (unpaired) electrons. The Labute approximate surface area is 198 Å². The van der Waals surface area contributed by atoms with Crippen molar-refractivity contribution in [3.05, 3.63) is 76.6 Å². The van der Waals surface area contributed by atoms with E-state index in [2.05, 4.69) is 4.98 Å². The van der Waals surface area contributed by atoms with Gasteiger partial charge in [-0.05, 0) is 35.9 Å². The number of methoxy groups -OCH3 is 1. The highest BCUT2D eigenvalue weighted by atomic mass is 32.2. The van der Waals surface area contributed by atoms with Crippen LogP contribution in [0.4, 0.5) is 0 Å². The Bertz CT molecular complexity index is 1210. The van der Waals surface area contributed by atoms with Gasteiger partial charge >= 0.3 is 0 Å². The minimum Gasteiger partial charge on any atom is -0.497 e. The summed E-state index contributed by atoms with van der Waals surface area (Å²) in [5.74, 6) is 0.737. The highest BCUT2D eigenvalue weighted by molar-refractivity contribution is 7.92. The molecule has 1 aliphatic heterocycles. The van der Waals surface area contributed by atoms with Crippen LogP contribution in [0.1, 0.15) is 11.3 Å². The van der Waals surface area contributed by atoms with Crippen molar-refractivity contribution in [3.8, 4) is 16.3 Å². The van der Waals surface area contributed by atoms with E-state index in [1.54, 1.807) is 18.1 Å². The molecule has 0 unspecified atom stereocenters. The van der Waals surface area contributed by atoms with Crippen molar-refractivity contribution in [2.24, 2.45) is 0 Å². The van der Waals surface area contributed by atoms with Gasteiger partial charge in [-0.1, -0.05) is 30.3 Å². The number of sulfonamides is 1. The SMILES string of the molecule is COc1ccc(-c2nc(CC(=O)N3CCN(S(=O)(=O)/C=C/c4ccccc4)CC3)cs2)cc1. The van der Waals surface area contributed by atoms with Crippen LogP contribution in [-0.4, -0.2) is 61.8 Å². The van der Waals surface area contributed by atoms with E-state index in [-0.39, 0.29) is 25.4 Å². The third-order valence-corrected chi connectivity index (χ3v) is 7.91. The number of rotatable bonds is 7. The van der Waals surface area contributed by atoms with Gasteiger partial charge in [0.2, 0.25) is 15.9 Å². The fourth-order valence-electron chi connectivity index (χ4n) is 3.53. The molecule has 4 rings (SSSR count). The Morgan fingerprint density at radius 3 is 2.42 bits per heavy atom. The Balaban J connectivity index is 1.31. The van der Waals surface area contributed by atoms with Crippen molar-refractivity contribution in [1.82, 2.24) is 14.2 Å². The Hall–Kier alpha value is -3.01. The number of carbonyl (C=O) groups excluding carboxylic acids is 1. The fraction of sp³-hybridized carbons (Fsp3) is 0.250. The summed E-state index contributed by atoms with van der Waals surface area (Å²) in [6.45, 7) is 1.29. The fourth-order valence-corrected chi connectivity index (χ4v) is 5.53. The molecule has 1 saturated heterocycles. The van der Waals surface area contributed by atoms with Crippen molar-refractivity contribution in [3.63, 3.8) is 0 Å². The van der Waals surface area contributed by atoms with Crippen LogP contribution >= 0.6 is 11.3 Å². The molecule has 1 amide bonds. The van der Waals surface area contributed by atoms with Gasteiger partial charge < -0.3 is 9.64 Å². The van der Waals surface area contributed by atoms with Crippen LogP contribution < -0.4 is 4.74 Å². The highest BCUT2D eigenvalue weighted by Crippen LogP contribution is 2.26. The summed E-state index contributed by atoms with van der Waals surface area (Å²) < 4.78 is 31.8. The first-order chi connectivity index (χ1) is 15.9. The number of piperazine rings is 1. The number of aromatic nitrogens is 1. The Kier molecular flexibility index (Phi) is 7.22. The van der Waals surface area contributed by atoms with Crippen molar-refractivity contribution in [2.75, 3.05) is 33.3 Å². The van der Waals surface area contributed by atoms with Crippen LogP contribution in [0.5, 0.6) is 5.75 Å². The van der Waals surface area contributed by atoms with Crippen LogP contribution in [0.15, 0.2) is 65.4 Å². The molecule has 33 heavy (non-hydrogen) atoms. The van der Waals surface area contributed by atoms with Crippen molar-refractivity contribution < 1.29 is 17.9 Å².